The molecule has 0 aliphatic heterocycles. The summed E-state index contributed by atoms with van der Waals surface area (Å²) in [7, 11) is 1.99. The van der Waals surface area contributed by atoms with Gasteiger partial charge in [-0.3, -0.25) is 4.90 Å². The van der Waals surface area contributed by atoms with Crippen LogP contribution in [0.15, 0.2) is 59.1 Å². The fourth-order valence-electron chi connectivity index (χ4n) is 2.59. The summed E-state index contributed by atoms with van der Waals surface area (Å²) in [5.74, 6) is 1.13. The molecule has 4 nitrogen and oxygen atoms in total. The number of aryl methyl sites for hydroxylation is 1. The van der Waals surface area contributed by atoms with Gasteiger partial charge < -0.3 is 9.63 Å². The maximum atomic E-state index is 9.94. The van der Waals surface area contributed by atoms with E-state index in [2.05, 4.69) is 10.1 Å². The summed E-state index contributed by atoms with van der Waals surface area (Å²) in [4.78, 5) is 2.09. The van der Waals surface area contributed by atoms with Gasteiger partial charge in [0.15, 0.2) is 5.76 Å². The summed E-state index contributed by atoms with van der Waals surface area (Å²) in [6.45, 7) is 3.30. The van der Waals surface area contributed by atoms with Crippen LogP contribution in [0.4, 0.5) is 0 Å². The number of hydrogen-bond donors (Lipinski definition) is 1. The van der Waals surface area contributed by atoms with Gasteiger partial charge in [-0.25, -0.2) is 0 Å². The van der Waals surface area contributed by atoms with E-state index in [1.54, 1.807) is 6.07 Å². The van der Waals surface area contributed by atoms with Crippen LogP contribution in [0.3, 0.4) is 0 Å². The molecule has 0 aliphatic rings. The van der Waals surface area contributed by atoms with Crippen molar-refractivity contribution in [3.05, 3.63) is 71.5 Å². The van der Waals surface area contributed by atoms with Gasteiger partial charge in [-0.15, -0.1) is 0 Å². The standard InChI is InChI=1S/C19H20N2O2/c1-14-8-9-19(22)16(10-14)12-21(2)13-17-11-18(20-23-17)15-6-4-3-5-7-15/h3-11,22H,12-13H2,1-2H3. The monoisotopic (exact) mass is 308 g/mol. The molecular formula is C19H20N2O2. The quantitative estimate of drug-likeness (QED) is 0.774. The Morgan fingerprint density at radius 2 is 1.83 bits per heavy atom. The van der Waals surface area contributed by atoms with Crippen LogP contribution >= 0.6 is 0 Å². The first-order chi connectivity index (χ1) is 11.1. The topological polar surface area (TPSA) is 49.5 Å². The zero-order valence-electron chi connectivity index (χ0n) is 13.4. The summed E-state index contributed by atoms with van der Waals surface area (Å²) < 4.78 is 5.43. The fourth-order valence-corrected chi connectivity index (χ4v) is 2.59. The van der Waals surface area contributed by atoms with E-state index in [1.807, 2.05) is 62.5 Å². The Bertz CT molecular complexity index is 781. The molecule has 3 rings (SSSR count). The highest BCUT2D eigenvalue weighted by Gasteiger charge is 2.11. The van der Waals surface area contributed by atoms with Gasteiger partial charge in [0.1, 0.15) is 11.4 Å². The molecule has 1 heterocycles. The Labute approximate surface area is 136 Å². The van der Waals surface area contributed by atoms with E-state index in [4.69, 9.17) is 4.52 Å². The highest BCUT2D eigenvalue weighted by molar-refractivity contribution is 5.58. The minimum atomic E-state index is 0.324. The molecule has 0 saturated heterocycles. The zero-order chi connectivity index (χ0) is 16.2. The third kappa shape index (κ3) is 3.79. The first-order valence-corrected chi connectivity index (χ1v) is 7.60. The van der Waals surface area contributed by atoms with Crippen LogP contribution in [0.5, 0.6) is 5.75 Å². The van der Waals surface area contributed by atoms with Crippen molar-refractivity contribution in [2.75, 3.05) is 7.05 Å². The van der Waals surface area contributed by atoms with Crippen LogP contribution in [0.1, 0.15) is 16.9 Å². The van der Waals surface area contributed by atoms with Crippen molar-refractivity contribution < 1.29 is 9.63 Å². The maximum absolute atomic E-state index is 9.94. The van der Waals surface area contributed by atoms with E-state index < -0.39 is 0 Å². The Hall–Kier alpha value is -2.59. The van der Waals surface area contributed by atoms with Crippen molar-refractivity contribution in [3.8, 4) is 17.0 Å². The van der Waals surface area contributed by atoms with E-state index in [9.17, 15) is 5.11 Å². The van der Waals surface area contributed by atoms with Gasteiger partial charge in [-0.2, -0.15) is 0 Å². The largest absolute Gasteiger partial charge is 0.508 e. The lowest BCUT2D eigenvalue weighted by Crippen LogP contribution is -2.17. The summed E-state index contributed by atoms with van der Waals surface area (Å²) in [6.07, 6.45) is 0. The molecule has 0 unspecified atom stereocenters. The first kappa shape index (κ1) is 15.3. The minimum Gasteiger partial charge on any atom is -0.508 e. The van der Waals surface area contributed by atoms with Crippen LogP contribution in [0.25, 0.3) is 11.3 Å². The molecule has 0 radical (unpaired) electrons. The Kier molecular flexibility index (Phi) is 4.44. The van der Waals surface area contributed by atoms with Gasteiger partial charge in [0.25, 0.3) is 0 Å². The van der Waals surface area contributed by atoms with E-state index in [0.717, 1.165) is 28.1 Å². The molecular weight excluding hydrogens is 288 g/mol. The van der Waals surface area contributed by atoms with Gasteiger partial charge in [-0.05, 0) is 20.0 Å². The van der Waals surface area contributed by atoms with Crippen molar-refractivity contribution >= 4 is 0 Å². The summed E-state index contributed by atoms with van der Waals surface area (Å²) in [5.41, 5.74) is 3.93. The number of nitrogens with zero attached hydrogens (tertiary/aromatic N) is 2. The van der Waals surface area contributed by atoms with Crippen LogP contribution in [0, 0.1) is 6.92 Å². The SMILES string of the molecule is Cc1ccc(O)c(CN(C)Cc2cc(-c3ccccc3)no2)c1. The van der Waals surface area contributed by atoms with Crippen molar-refractivity contribution in [3.63, 3.8) is 0 Å². The van der Waals surface area contributed by atoms with Crippen molar-refractivity contribution in [2.24, 2.45) is 0 Å². The Balaban J connectivity index is 1.68. The molecule has 0 aliphatic carbocycles. The molecule has 0 fully saturated rings. The molecule has 118 valence electrons. The lowest BCUT2D eigenvalue weighted by atomic mass is 10.1. The van der Waals surface area contributed by atoms with Crippen molar-refractivity contribution in [2.45, 2.75) is 20.0 Å². The normalized spacial score (nSPS) is 11.1. The van der Waals surface area contributed by atoms with E-state index in [1.165, 1.54) is 0 Å². The number of rotatable bonds is 5. The van der Waals surface area contributed by atoms with Gasteiger partial charge >= 0.3 is 0 Å². The summed E-state index contributed by atoms with van der Waals surface area (Å²) in [6, 6.07) is 17.6. The van der Waals surface area contributed by atoms with E-state index in [0.29, 0.717) is 18.8 Å². The second kappa shape index (κ2) is 6.67. The van der Waals surface area contributed by atoms with Crippen LogP contribution in [-0.2, 0) is 13.1 Å². The number of hydrogen-bond acceptors (Lipinski definition) is 4. The molecule has 4 heteroatoms. The predicted octanol–water partition coefficient (Wildman–Crippen LogP) is 3.99. The number of benzene rings is 2. The number of phenols is 1. The number of aromatic hydroxyl groups is 1. The third-order valence-corrected chi connectivity index (χ3v) is 3.73. The summed E-state index contributed by atoms with van der Waals surface area (Å²) in [5, 5.41) is 14.1. The van der Waals surface area contributed by atoms with Gasteiger partial charge in [-0.1, -0.05) is 53.2 Å². The average Bonchev–Trinajstić information content (AvgIpc) is 3.00. The molecule has 3 aromatic rings. The number of aromatic nitrogens is 1. The molecule has 0 bridgehead atoms. The van der Waals surface area contributed by atoms with Crippen LogP contribution < -0.4 is 0 Å². The van der Waals surface area contributed by atoms with Crippen molar-refractivity contribution in [1.82, 2.24) is 10.1 Å². The maximum Gasteiger partial charge on any atom is 0.151 e. The molecule has 0 amide bonds. The van der Waals surface area contributed by atoms with E-state index >= 15 is 0 Å². The molecule has 23 heavy (non-hydrogen) atoms. The van der Waals surface area contributed by atoms with E-state index in [-0.39, 0.29) is 0 Å². The van der Waals surface area contributed by atoms with Gasteiger partial charge in [0, 0.05) is 23.7 Å². The molecule has 1 N–H and O–H groups in total. The summed E-state index contributed by atoms with van der Waals surface area (Å²) >= 11 is 0. The molecule has 1 aromatic heterocycles. The smallest absolute Gasteiger partial charge is 0.151 e. The highest BCUT2D eigenvalue weighted by Crippen LogP contribution is 2.22. The predicted molar refractivity (Wildman–Crippen MR) is 90.0 cm³/mol. The van der Waals surface area contributed by atoms with Crippen molar-refractivity contribution in [1.29, 1.82) is 0 Å². The number of phenolic OH excluding ortho intramolecular Hbond substituents is 1. The molecule has 0 atom stereocenters. The zero-order valence-corrected chi connectivity index (χ0v) is 13.4. The lowest BCUT2D eigenvalue weighted by molar-refractivity contribution is 0.264. The minimum absolute atomic E-state index is 0.324. The van der Waals surface area contributed by atoms with Gasteiger partial charge in [0.2, 0.25) is 0 Å². The second-order valence-corrected chi connectivity index (χ2v) is 5.85. The average molecular weight is 308 g/mol. The lowest BCUT2D eigenvalue weighted by Gasteiger charge is -2.16. The second-order valence-electron chi connectivity index (χ2n) is 5.85. The third-order valence-electron chi connectivity index (χ3n) is 3.73. The Morgan fingerprint density at radius 3 is 2.61 bits per heavy atom. The van der Waals surface area contributed by atoms with Gasteiger partial charge in [0.05, 0.1) is 6.54 Å². The fraction of sp³-hybridized carbons (Fsp3) is 0.211. The van der Waals surface area contributed by atoms with Crippen LogP contribution in [-0.4, -0.2) is 22.2 Å². The molecule has 0 saturated carbocycles. The highest BCUT2D eigenvalue weighted by atomic mass is 16.5. The molecule has 2 aromatic carbocycles. The first-order valence-electron chi connectivity index (χ1n) is 7.60. The molecule has 0 spiro atoms. The Morgan fingerprint density at radius 1 is 1.04 bits per heavy atom. The van der Waals surface area contributed by atoms with Crippen LogP contribution in [0.2, 0.25) is 0 Å².